The quantitative estimate of drug-likeness (QED) is 0.628. The van der Waals surface area contributed by atoms with Crippen LogP contribution < -0.4 is 5.32 Å². The highest BCUT2D eigenvalue weighted by atomic mass is 32.2. The van der Waals surface area contributed by atoms with Gasteiger partial charge >= 0.3 is 0 Å². The van der Waals surface area contributed by atoms with Gasteiger partial charge in [-0.3, -0.25) is 9.89 Å². The van der Waals surface area contributed by atoms with Crippen LogP contribution in [0.1, 0.15) is 30.0 Å². The van der Waals surface area contributed by atoms with Crippen LogP contribution in [0, 0.1) is 11.7 Å². The number of carbonyl (C=O) groups excluding carboxylic acids is 1. The van der Waals surface area contributed by atoms with Crippen molar-refractivity contribution in [3.8, 4) is 0 Å². The Morgan fingerprint density at radius 2 is 2.09 bits per heavy atom. The molecular weight excluding hydrogens is 316 g/mol. The molecule has 0 saturated heterocycles. The maximum Gasteiger partial charge on any atom is 0.251 e. The van der Waals surface area contributed by atoms with Crippen molar-refractivity contribution in [1.82, 2.24) is 20.1 Å². The van der Waals surface area contributed by atoms with E-state index in [1.807, 2.05) is 35.8 Å². The number of nitrogens with zero attached hydrogens (tertiary/aromatic N) is 2. The summed E-state index contributed by atoms with van der Waals surface area (Å²) in [7, 11) is 0. The van der Waals surface area contributed by atoms with Gasteiger partial charge in [-0.1, -0.05) is 13.8 Å². The van der Waals surface area contributed by atoms with Gasteiger partial charge in [0.2, 0.25) is 0 Å². The molecule has 2 N–H and O–H groups in total. The van der Waals surface area contributed by atoms with Crippen LogP contribution >= 0.6 is 24.0 Å². The number of benzene rings is 1. The lowest BCUT2D eigenvalue weighted by Crippen LogP contribution is -2.27. The van der Waals surface area contributed by atoms with Crippen molar-refractivity contribution >= 4 is 29.9 Å². The minimum Gasteiger partial charge on any atom is -0.350 e. The lowest BCUT2D eigenvalue weighted by Gasteiger charge is -2.08. The van der Waals surface area contributed by atoms with Gasteiger partial charge in [-0.25, -0.2) is 0 Å². The van der Waals surface area contributed by atoms with Crippen molar-refractivity contribution in [3.63, 3.8) is 0 Å². The summed E-state index contributed by atoms with van der Waals surface area (Å²) in [5.41, 5.74) is 0.667. The lowest BCUT2D eigenvalue weighted by atomic mass is 10.2. The van der Waals surface area contributed by atoms with Crippen molar-refractivity contribution in [2.75, 3.05) is 6.54 Å². The minimum absolute atomic E-state index is 0.0752. The van der Waals surface area contributed by atoms with E-state index in [9.17, 15) is 4.79 Å². The molecule has 1 aromatic carbocycles. The SMILES string of the molecule is Cc1n[nH]c(=S)n1CCNC(=O)c1ccc(SC(C)C)cc1. The first-order valence-electron chi connectivity index (χ1n) is 7.14. The monoisotopic (exact) mass is 336 g/mol. The fourth-order valence-electron chi connectivity index (χ4n) is 2.00. The fourth-order valence-corrected chi connectivity index (χ4v) is 3.11. The molecule has 0 aliphatic carbocycles. The molecule has 118 valence electrons. The van der Waals surface area contributed by atoms with Crippen LogP contribution in [0.15, 0.2) is 29.2 Å². The summed E-state index contributed by atoms with van der Waals surface area (Å²) in [6.07, 6.45) is 0. The number of rotatable bonds is 6. The van der Waals surface area contributed by atoms with Crippen molar-refractivity contribution < 1.29 is 4.79 Å². The van der Waals surface area contributed by atoms with Crippen molar-refractivity contribution in [2.24, 2.45) is 0 Å². The van der Waals surface area contributed by atoms with E-state index in [0.717, 1.165) is 5.82 Å². The summed E-state index contributed by atoms with van der Waals surface area (Å²) in [5, 5.41) is 10.2. The Morgan fingerprint density at radius 3 is 2.64 bits per heavy atom. The molecule has 0 aliphatic heterocycles. The number of nitrogens with one attached hydrogen (secondary N) is 2. The summed E-state index contributed by atoms with van der Waals surface area (Å²) in [6.45, 7) is 7.28. The smallest absolute Gasteiger partial charge is 0.251 e. The highest BCUT2D eigenvalue weighted by Crippen LogP contribution is 2.22. The summed E-state index contributed by atoms with van der Waals surface area (Å²) in [5.74, 6) is 0.739. The molecule has 2 rings (SSSR count). The maximum absolute atomic E-state index is 12.1. The van der Waals surface area contributed by atoms with Gasteiger partial charge in [-0.15, -0.1) is 11.8 Å². The van der Waals surface area contributed by atoms with Crippen LogP contribution in [-0.2, 0) is 6.54 Å². The van der Waals surface area contributed by atoms with E-state index >= 15 is 0 Å². The maximum atomic E-state index is 12.1. The van der Waals surface area contributed by atoms with Gasteiger partial charge in [-0.05, 0) is 43.4 Å². The Labute approximate surface area is 139 Å². The van der Waals surface area contributed by atoms with Crippen LogP contribution in [0.3, 0.4) is 0 Å². The number of H-pyrrole nitrogens is 1. The molecule has 1 heterocycles. The van der Waals surface area contributed by atoms with Gasteiger partial charge in [0.15, 0.2) is 4.77 Å². The number of aromatic nitrogens is 3. The number of hydrogen-bond donors (Lipinski definition) is 2. The number of carbonyl (C=O) groups is 1. The third-order valence-corrected chi connectivity index (χ3v) is 4.39. The minimum atomic E-state index is -0.0752. The standard InChI is InChI=1S/C15H20N4OS2/c1-10(2)22-13-6-4-12(5-7-13)14(20)16-8-9-19-11(3)17-18-15(19)21/h4-7,10H,8-9H2,1-3H3,(H,16,20)(H,18,21). The summed E-state index contributed by atoms with van der Waals surface area (Å²) in [4.78, 5) is 13.3. The Balaban J connectivity index is 1.88. The van der Waals surface area contributed by atoms with Crippen LogP contribution in [0.25, 0.3) is 0 Å². The van der Waals surface area contributed by atoms with E-state index in [-0.39, 0.29) is 5.91 Å². The van der Waals surface area contributed by atoms with E-state index in [1.54, 1.807) is 11.8 Å². The van der Waals surface area contributed by atoms with Crippen molar-refractivity contribution in [3.05, 3.63) is 40.4 Å². The summed E-state index contributed by atoms with van der Waals surface area (Å²) < 4.78 is 2.43. The molecule has 0 atom stereocenters. The van der Waals surface area contributed by atoms with Crippen molar-refractivity contribution in [1.29, 1.82) is 0 Å². The third-order valence-electron chi connectivity index (χ3n) is 3.06. The van der Waals surface area contributed by atoms with E-state index in [4.69, 9.17) is 12.2 Å². The van der Waals surface area contributed by atoms with Crippen LogP contribution in [0.4, 0.5) is 0 Å². The lowest BCUT2D eigenvalue weighted by molar-refractivity contribution is 0.0952. The predicted molar refractivity (Wildman–Crippen MR) is 91.9 cm³/mol. The van der Waals surface area contributed by atoms with Crippen LogP contribution in [-0.4, -0.2) is 32.5 Å². The molecule has 0 unspecified atom stereocenters. The van der Waals surface area contributed by atoms with Crippen LogP contribution in [0.2, 0.25) is 0 Å². The molecule has 0 aliphatic rings. The Morgan fingerprint density at radius 1 is 1.41 bits per heavy atom. The summed E-state index contributed by atoms with van der Waals surface area (Å²) in [6, 6.07) is 7.68. The van der Waals surface area contributed by atoms with Gasteiger partial charge < -0.3 is 9.88 Å². The molecule has 2 aromatic rings. The molecule has 1 amide bonds. The van der Waals surface area contributed by atoms with Gasteiger partial charge in [0.25, 0.3) is 5.91 Å². The Hall–Kier alpha value is -1.60. The topological polar surface area (TPSA) is 62.7 Å². The number of thioether (sulfide) groups is 1. The Kier molecular flexibility index (Phi) is 5.79. The zero-order valence-corrected chi connectivity index (χ0v) is 14.6. The summed E-state index contributed by atoms with van der Waals surface area (Å²) >= 11 is 6.90. The first-order valence-corrected chi connectivity index (χ1v) is 8.43. The number of amides is 1. The molecule has 5 nitrogen and oxygen atoms in total. The second kappa shape index (κ2) is 7.60. The van der Waals surface area contributed by atoms with Gasteiger partial charge in [0.05, 0.1) is 0 Å². The van der Waals surface area contributed by atoms with E-state index in [1.165, 1.54) is 4.90 Å². The van der Waals surface area contributed by atoms with Crippen LogP contribution in [0.5, 0.6) is 0 Å². The molecule has 0 spiro atoms. The third kappa shape index (κ3) is 4.45. The largest absolute Gasteiger partial charge is 0.350 e. The van der Waals surface area contributed by atoms with E-state index in [0.29, 0.717) is 28.7 Å². The predicted octanol–water partition coefficient (Wildman–Crippen LogP) is 3.18. The van der Waals surface area contributed by atoms with Crippen molar-refractivity contribution in [2.45, 2.75) is 37.5 Å². The zero-order valence-electron chi connectivity index (χ0n) is 12.9. The van der Waals surface area contributed by atoms with Gasteiger partial charge in [0, 0.05) is 28.8 Å². The van der Waals surface area contributed by atoms with E-state index in [2.05, 4.69) is 29.4 Å². The first kappa shape index (κ1) is 16.8. The molecule has 7 heteroatoms. The second-order valence-corrected chi connectivity index (χ2v) is 7.21. The number of aromatic amines is 1. The molecule has 0 saturated carbocycles. The molecule has 0 radical (unpaired) electrons. The normalized spacial score (nSPS) is 10.9. The molecule has 0 bridgehead atoms. The molecule has 22 heavy (non-hydrogen) atoms. The van der Waals surface area contributed by atoms with E-state index < -0.39 is 0 Å². The average molecular weight is 336 g/mol. The van der Waals surface area contributed by atoms with Gasteiger partial charge in [-0.2, -0.15) is 5.10 Å². The fraction of sp³-hybridized carbons (Fsp3) is 0.400. The zero-order chi connectivity index (χ0) is 16.1. The molecular formula is C15H20N4OS2. The number of hydrogen-bond acceptors (Lipinski definition) is 4. The van der Waals surface area contributed by atoms with Gasteiger partial charge in [0.1, 0.15) is 5.82 Å². The number of aryl methyl sites for hydroxylation is 1. The second-order valence-electron chi connectivity index (χ2n) is 5.17. The highest BCUT2D eigenvalue weighted by Gasteiger charge is 2.07. The molecule has 0 fully saturated rings. The Bertz CT molecular complexity index is 688. The molecule has 1 aromatic heterocycles. The average Bonchev–Trinajstić information content (AvgIpc) is 2.79. The first-order chi connectivity index (χ1) is 10.5. The highest BCUT2D eigenvalue weighted by molar-refractivity contribution is 7.99.